The lowest BCUT2D eigenvalue weighted by Crippen LogP contribution is -2.33. The fourth-order valence-electron chi connectivity index (χ4n) is 1.66. The molecule has 0 spiro atoms. The maximum absolute atomic E-state index is 11.2. The predicted molar refractivity (Wildman–Crippen MR) is 59.9 cm³/mol. The second kappa shape index (κ2) is 4.37. The second-order valence-corrected chi connectivity index (χ2v) is 3.59. The number of furan rings is 1. The van der Waals surface area contributed by atoms with Crippen molar-refractivity contribution in [3.05, 3.63) is 36.1 Å². The van der Waals surface area contributed by atoms with Gasteiger partial charge < -0.3 is 14.9 Å². The Labute approximate surface area is 93.0 Å². The third-order valence-corrected chi connectivity index (χ3v) is 2.50. The van der Waals surface area contributed by atoms with Crippen LogP contribution >= 0.6 is 0 Å². The van der Waals surface area contributed by atoms with Crippen LogP contribution in [-0.4, -0.2) is 19.1 Å². The summed E-state index contributed by atoms with van der Waals surface area (Å²) in [6.45, 7) is 0. The third-order valence-electron chi connectivity index (χ3n) is 2.50. The fourth-order valence-corrected chi connectivity index (χ4v) is 1.66. The van der Waals surface area contributed by atoms with E-state index >= 15 is 0 Å². The van der Waals surface area contributed by atoms with E-state index in [9.17, 15) is 4.79 Å². The molecule has 4 heteroatoms. The van der Waals surface area contributed by atoms with E-state index in [1.165, 1.54) is 7.11 Å². The van der Waals surface area contributed by atoms with Crippen molar-refractivity contribution in [2.75, 3.05) is 7.11 Å². The van der Waals surface area contributed by atoms with Crippen molar-refractivity contribution in [2.45, 2.75) is 12.5 Å². The molecule has 0 fully saturated rings. The standard InChI is InChI=1S/C12H13NO3/c1-15-12(14)10(13)6-8-7-16-11-5-3-2-4-9(8)11/h2-5,7,10H,6,13H2,1H3. The fraction of sp³-hybridized carbons (Fsp3) is 0.250. The van der Waals surface area contributed by atoms with Crippen molar-refractivity contribution in [1.82, 2.24) is 0 Å². The van der Waals surface area contributed by atoms with Crippen LogP contribution in [0.5, 0.6) is 0 Å². The average molecular weight is 219 g/mol. The monoisotopic (exact) mass is 219 g/mol. The van der Waals surface area contributed by atoms with E-state index in [1.807, 2.05) is 24.3 Å². The van der Waals surface area contributed by atoms with Gasteiger partial charge in [0.2, 0.25) is 0 Å². The van der Waals surface area contributed by atoms with E-state index in [2.05, 4.69) is 4.74 Å². The van der Waals surface area contributed by atoms with Gasteiger partial charge in [0.05, 0.1) is 13.4 Å². The highest BCUT2D eigenvalue weighted by atomic mass is 16.5. The zero-order chi connectivity index (χ0) is 11.5. The van der Waals surface area contributed by atoms with E-state index in [0.717, 1.165) is 16.5 Å². The third kappa shape index (κ3) is 1.92. The molecular weight excluding hydrogens is 206 g/mol. The van der Waals surface area contributed by atoms with Crippen LogP contribution in [0.15, 0.2) is 34.9 Å². The van der Waals surface area contributed by atoms with Gasteiger partial charge in [-0.3, -0.25) is 4.79 Å². The van der Waals surface area contributed by atoms with Crippen molar-refractivity contribution in [3.8, 4) is 0 Å². The Balaban J connectivity index is 2.24. The Hall–Kier alpha value is -1.81. The van der Waals surface area contributed by atoms with Crippen molar-refractivity contribution in [2.24, 2.45) is 5.73 Å². The predicted octanol–water partition coefficient (Wildman–Crippen LogP) is 1.48. The normalized spacial score (nSPS) is 12.6. The molecule has 1 aromatic heterocycles. The van der Waals surface area contributed by atoms with Gasteiger partial charge in [-0.05, 0) is 6.07 Å². The van der Waals surface area contributed by atoms with Crippen LogP contribution < -0.4 is 5.73 Å². The average Bonchev–Trinajstić information content (AvgIpc) is 2.72. The van der Waals surface area contributed by atoms with Gasteiger partial charge in [-0.1, -0.05) is 18.2 Å². The number of carbonyl (C=O) groups excluding carboxylic acids is 1. The first-order valence-electron chi connectivity index (χ1n) is 5.01. The summed E-state index contributed by atoms with van der Waals surface area (Å²) in [6.07, 6.45) is 2.05. The lowest BCUT2D eigenvalue weighted by Gasteiger charge is -2.07. The molecule has 0 amide bonds. The highest BCUT2D eigenvalue weighted by Crippen LogP contribution is 2.21. The number of ether oxygens (including phenoxy) is 1. The Morgan fingerprint density at radius 1 is 1.50 bits per heavy atom. The number of fused-ring (bicyclic) bond motifs is 1. The largest absolute Gasteiger partial charge is 0.468 e. The van der Waals surface area contributed by atoms with Gasteiger partial charge >= 0.3 is 5.97 Å². The van der Waals surface area contributed by atoms with Crippen molar-refractivity contribution >= 4 is 16.9 Å². The molecule has 0 aliphatic heterocycles. The van der Waals surface area contributed by atoms with Crippen LogP contribution in [0, 0.1) is 0 Å². The van der Waals surface area contributed by atoms with Gasteiger partial charge in [-0.25, -0.2) is 0 Å². The maximum atomic E-state index is 11.2. The van der Waals surface area contributed by atoms with Gasteiger partial charge in [0, 0.05) is 17.4 Å². The molecule has 0 saturated heterocycles. The number of rotatable bonds is 3. The summed E-state index contributed by atoms with van der Waals surface area (Å²) in [4.78, 5) is 11.2. The van der Waals surface area contributed by atoms with Crippen molar-refractivity contribution in [3.63, 3.8) is 0 Å². The van der Waals surface area contributed by atoms with Crippen LogP contribution in [0.4, 0.5) is 0 Å². The van der Waals surface area contributed by atoms with Crippen LogP contribution in [0.2, 0.25) is 0 Å². The summed E-state index contributed by atoms with van der Waals surface area (Å²) in [6, 6.07) is 6.99. The van der Waals surface area contributed by atoms with E-state index in [4.69, 9.17) is 10.2 Å². The Morgan fingerprint density at radius 2 is 2.25 bits per heavy atom. The number of hydrogen-bond donors (Lipinski definition) is 1. The lowest BCUT2D eigenvalue weighted by atomic mass is 10.1. The van der Waals surface area contributed by atoms with Crippen molar-refractivity contribution < 1.29 is 13.9 Å². The van der Waals surface area contributed by atoms with Crippen molar-refractivity contribution in [1.29, 1.82) is 0 Å². The molecule has 0 radical (unpaired) electrons. The van der Waals surface area contributed by atoms with E-state index in [1.54, 1.807) is 6.26 Å². The SMILES string of the molecule is COC(=O)C(N)Cc1coc2ccccc12. The quantitative estimate of drug-likeness (QED) is 0.794. The highest BCUT2D eigenvalue weighted by molar-refractivity contribution is 5.82. The summed E-state index contributed by atoms with van der Waals surface area (Å²) >= 11 is 0. The molecule has 1 atom stereocenters. The molecule has 0 aliphatic rings. The molecule has 0 aliphatic carbocycles. The number of methoxy groups -OCH3 is 1. The molecule has 2 N–H and O–H groups in total. The highest BCUT2D eigenvalue weighted by Gasteiger charge is 2.16. The molecule has 84 valence electrons. The summed E-state index contributed by atoms with van der Waals surface area (Å²) in [5.74, 6) is -0.412. The molecule has 0 bridgehead atoms. The van der Waals surface area contributed by atoms with E-state index in [0.29, 0.717) is 6.42 Å². The number of hydrogen-bond acceptors (Lipinski definition) is 4. The molecular formula is C12H13NO3. The minimum atomic E-state index is -0.647. The maximum Gasteiger partial charge on any atom is 0.322 e. The molecule has 16 heavy (non-hydrogen) atoms. The first-order valence-corrected chi connectivity index (χ1v) is 5.01. The van der Waals surface area contributed by atoms with Gasteiger partial charge in [0.15, 0.2) is 0 Å². The molecule has 4 nitrogen and oxygen atoms in total. The van der Waals surface area contributed by atoms with Gasteiger partial charge in [0.25, 0.3) is 0 Å². The molecule has 0 saturated carbocycles. The number of nitrogens with two attached hydrogens (primary N) is 1. The van der Waals surface area contributed by atoms with Crippen LogP contribution in [0.25, 0.3) is 11.0 Å². The summed E-state index contributed by atoms with van der Waals surface area (Å²) in [7, 11) is 1.33. The summed E-state index contributed by atoms with van der Waals surface area (Å²) < 4.78 is 9.93. The van der Waals surface area contributed by atoms with E-state index < -0.39 is 12.0 Å². The second-order valence-electron chi connectivity index (χ2n) is 3.59. The first kappa shape index (κ1) is 10.7. The Morgan fingerprint density at radius 3 is 3.00 bits per heavy atom. The lowest BCUT2D eigenvalue weighted by molar-refractivity contribution is -0.142. The van der Waals surface area contributed by atoms with E-state index in [-0.39, 0.29) is 0 Å². The number of benzene rings is 1. The van der Waals surface area contributed by atoms with Gasteiger partial charge in [-0.15, -0.1) is 0 Å². The zero-order valence-corrected chi connectivity index (χ0v) is 8.97. The minimum absolute atomic E-state index is 0.412. The molecule has 2 rings (SSSR count). The Bertz CT molecular complexity index is 504. The molecule has 1 unspecified atom stereocenters. The smallest absolute Gasteiger partial charge is 0.322 e. The molecule has 2 aromatic rings. The topological polar surface area (TPSA) is 65.5 Å². The first-order chi connectivity index (χ1) is 7.72. The summed E-state index contributed by atoms with van der Waals surface area (Å²) in [5.41, 5.74) is 7.42. The van der Waals surface area contributed by atoms with Crippen LogP contribution in [-0.2, 0) is 16.0 Å². The van der Waals surface area contributed by atoms with Crippen LogP contribution in [0.1, 0.15) is 5.56 Å². The molecule has 1 aromatic carbocycles. The minimum Gasteiger partial charge on any atom is -0.468 e. The van der Waals surface area contributed by atoms with Gasteiger partial charge in [-0.2, -0.15) is 0 Å². The number of carbonyl (C=O) groups is 1. The zero-order valence-electron chi connectivity index (χ0n) is 8.97. The number of esters is 1. The van der Waals surface area contributed by atoms with Gasteiger partial charge in [0.1, 0.15) is 11.6 Å². The van der Waals surface area contributed by atoms with Crippen LogP contribution in [0.3, 0.4) is 0 Å². The number of para-hydroxylation sites is 1. The Kier molecular flexibility index (Phi) is 2.92. The summed E-state index contributed by atoms with van der Waals surface area (Å²) in [5, 5.41) is 0.988. The molecule has 1 heterocycles.